The molecule has 9 unspecified atom stereocenters. The van der Waals surface area contributed by atoms with Crippen molar-refractivity contribution >= 4 is 5.97 Å². The highest BCUT2D eigenvalue weighted by Crippen LogP contribution is 2.73. The second-order valence-electron chi connectivity index (χ2n) is 15.2. The zero-order chi connectivity index (χ0) is 32.7. The van der Waals surface area contributed by atoms with Crippen LogP contribution in [0.25, 0.3) is 0 Å². The third-order valence-electron chi connectivity index (χ3n) is 12.9. The van der Waals surface area contributed by atoms with Crippen LogP contribution in [0, 0.1) is 28.1 Å². The molecule has 0 aromatic rings. The maximum absolute atomic E-state index is 13.9. The molecular formula is C32H50O13. The monoisotopic (exact) mass is 642 g/mol. The quantitative estimate of drug-likeness (QED) is 0.102. The van der Waals surface area contributed by atoms with Gasteiger partial charge in [0.05, 0.1) is 24.2 Å². The molecule has 13 heteroatoms. The fraction of sp³-hybridized carbons (Fsp3) is 0.906. The first kappa shape index (κ1) is 33.7. The number of esters is 1. The van der Waals surface area contributed by atoms with E-state index in [1.165, 1.54) is 0 Å². The predicted octanol–water partition coefficient (Wildman–Crippen LogP) is -0.762. The van der Waals surface area contributed by atoms with Gasteiger partial charge in [0.1, 0.15) is 48.8 Å². The minimum absolute atomic E-state index is 0.0421. The summed E-state index contributed by atoms with van der Waals surface area (Å²) in [7, 11) is 0. The number of aliphatic hydroxyl groups excluding tert-OH is 8. The van der Waals surface area contributed by atoms with Gasteiger partial charge in [-0.3, -0.25) is 4.79 Å². The topological polar surface area (TPSA) is 216 Å². The van der Waals surface area contributed by atoms with Crippen LogP contribution in [-0.4, -0.2) is 127 Å². The van der Waals surface area contributed by atoms with Crippen molar-refractivity contribution in [3.63, 3.8) is 0 Å². The van der Waals surface area contributed by atoms with Gasteiger partial charge in [-0.1, -0.05) is 19.9 Å². The standard InChI is InChI=1S/C32H50O13/c1-15-11-31-9-5-18-29(2,7-4-8-30(18,3)28(41)44-26-24(39)22(37)20(35)16(12-33)42-26)19(31)6-10-32(15,14-31)45-27-25(40)23(38)21(36)17(13-34)43-27/h16-27,33-40H,1,4-14H2,2-3H3/t16?,17-,18?,19?,20-,21?,22?,23?,24?,25-,26?,27?,29-,30-,31-,32+/m1/s1. The molecule has 0 aromatic heterocycles. The Morgan fingerprint density at radius 1 is 0.800 bits per heavy atom. The second kappa shape index (κ2) is 11.7. The zero-order valence-electron chi connectivity index (χ0n) is 26.0. The van der Waals surface area contributed by atoms with Gasteiger partial charge in [0.15, 0.2) is 6.29 Å². The van der Waals surface area contributed by atoms with Crippen LogP contribution in [0.5, 0.6) is 0 Å². The molecule has 256 valence electrons. The maximum atomic E-state index is 13.9. The van der Waals surface area contributed by atoms with E-state index < -0.39 is 91.6 Å². The van der Waals surface area contributed by atoms with Crippen LogP contribution in [-0.2, 0) is 23.7 Å². The Hall–Kier alpha value is -1.23. The first-order valence-electron chi connectivity index (χ1n) is 16.3. The largest absolute Gasteiger partial charge is 0.432 e. The Morgan fingerprint density at radius 2 is 1.38 bits per heavy atom. The molecule has 1 spiro atoms. The van der Waals surface area contributed by atoms with Gasteiger partial charge in [-0.05, 0) is 86.5 Å². The van der Waals surface area contributed by atoms with Crippen LogP contribution in [0.15, 0.2) is 12.2 Å². The molecule has 6 rings (SSSR count). The highest BCUT2D eigenvalue weighted by molar-refractivity contribution is 5.77. The minimum atomic E-state index is -1.67. The number of hydrogen-bond donors (Lipinski definition) is 8. The summed E-state index contributed by atoms with van der Waals surface area (Å²) >= 11 is 0. The summed E-state index contributed by atoms with van der Waals surface area (Å²) in [6.45, 7) is 7.41. The van der Waals surface area contributed by atoms with Crippen molar-refractivity contribution in [3.8, 4) is 0 Å². The van der Waals surface area contributed by atoms with Crippen molar-refractivity contribution in [1.29, 1.82) is 0 Å². The number of hydrogen-bond acceptors (Lipinski definition) is 13. The van der Waals surface area contributed by atoms with Gasteiger partial charge in [0.25, 0.3) is 0 Å². The molecule has 0 amide bonds. The predicted molar refractivity (Wildman–Crippen MR) is 154 cm³/mol. The Morgan fingerprint density at radius 3 is 2.00 bits per heavy atom. The van der Waals surface area contributed by atoms with Crippen LogP contribution >= 0.6 is 0 Å². The number of aliphatic hydroxyl groups is 8. The summed E-state index contributed by atoms with van der Waals surface area (Å²) in [6, 6.07) is 0. The summed E-state index contributed by atoms with van der Waals surface area (Å²) in [5.74, 6) is -0.348. The van der Waals surface area contributed by atoms with E-state index in [0.717, 1.165) is 37.7 Å². The van der Waals surface area contributed by atoms with E-state index in [2.05, 4.69) is 13.5 Å². The average molecular weight is 643 g/mol. The summed E-state index contributed by atoms with van der Waals surface area (Å²) in [5, 5.41) is 81.4. The lowest BCUT2D eigenvalue weighted by molar-refractivity contribution is -0.327. The molecule has 4 aliphatic carbocycles. The summed E-state index contributed by atoms with van der Waals surface area (Å²) in [5.41, 5.74) is -1.20. The van der Waals surface area contributed by atoms with Gasteiger partial charge in [-0.2, -0.15) is 0 Å². The summed E-state index contributed by atoms with van der Waals surface area (Å²) < 4.78 is 23.4. The molecule has 6 aliphatic rings. The number of fused-ring (bicyclic) bond motifs is 3. The molecule has 2 saturated heterocycles. The molecule has 2 bridgehead atoms. The third kappa shape index (κ3) is 5.04. The van der Waals surface area contributed by atoms with E-state index in [9.17, 15) is 45.6 Å². The van der Waals surface area contributed by atoms with Crippen LogP contribution < -0.4 is 0 Å². The van der Waals surface area contributed by atoms with Crippen LogP contribution in [0.2, 0.25) is 0 Å². The molecule has 8 N–H and O–H groups in total. The van der Waals surface area contributed by atoms with Crippen molar-refractivity contribution in [1.82, 2.24) is 0 Å². The van der Waals surface area contributed by atoms with Gasteiger partial charge >= 0.3 is 5.97 Å². The number of ether oxygens (including phenoxy) is 4. The van der Waals surface area contributed by atoms with E-state index in [1.54, 1.807) is 0 Å². The van der Waals surface area contributed by atoms with Gasteiger partial charge < -0.3 is 59.8 Å². The summed E-state index contributed by atoms with van der Waals surface area (Å²) in [4.78, 5) is 13.9. The first-order valence-corrected chi connectivity index (χ1v) is 16.3. The SMILES string of the molecule is C=C1C[C@@]23CCC4[C@@](C)(CCC[C@@]4(C)C(=O)OC4OC(CO)[C@@H](O)C(O)C4O)C2CC[C@]1(OC1O[C@H](CO)C(O)C(O)[C@H]1O)C3. The van der Waals surface area contributed by atoms with Crippen LogP contribution in [0.3, 0.4) is 0 Å². The molecule has 16 atom stereocenters. The molecule has 4 saturated carbocycles. The second-order valence-corrected chi connectivity index (χ2v) is 15.2. The first-order chi connectivity index (χ1) is 21.2. The lowest BCUT2D eigenvalue weighted by atomic mass is 9.41. The fourth-order valence-electron chi connectivity index (χ4n) is 10.5. The van der Waals surface area contributed by atoms with Crippen molar-refractivity contribution in [2.45, 2.75) is 139 Å². The van der Waals surface area contributed by atoms with E-state index in [0.29, 0.717) is 25.7 Å². The minimum Gasteiger partial charge on any atom is -0.432 e. The van der Waals surface area contributed by atoms with Gasteiger partial charge in [0.2, 0.25) is 6.29 Å². The number of rotatable bonds is 6. The molecule has 2 heterocycles. The van der Waals surface area contributed by atoms with E-state index in [-0.39, 0.29) is 22.7 Å². The van der Waals surface area contributed by atoms with E-state index in [4.69, 9.17) is 18.9 Å². The van der Waals surface area contributed by atoms with Crippen molar-refractivity contribution in [3.05, 3.63) is 12.2 Å². The molecule has 45 heavy (non-hydrogen) atoms. The van der Waals surface area contributed by atoms with Crippen molar-refractivity contribution in [2.75, 3.05) is 13.2 Å². The van der Waals surface area contributed by atoms with Crippen LogP contribution in [0.1, 0.15) is 71.6 Å². The molecule has 0 aromatic carbocycles. The molecule has 0 radical (unpaired) electrons. The highest BCUT2D eigenvalue weighted by Gasteiger charge is 2.69. The fourth-order valence-corrected chi connectivity index (χ4v) is 10.5. The highest BCUT2D eigenvalue weighted by atomic mass is 16.7. The zero-order valence-corrected chi connectivity index (χ0v) is 26.0. The number of carbonyl (C=O) groups excluding carboxylic acids is 1. The Balaban J connectivity index is 1.20. The molecule has 2 aliphatic heterocycles. The Labute approximate surface area is 262 Å². The van der Waals surface area contributed by atoms with E-state index in [1.807, 2.05) is 6.92 Å². The lowest BCUT2D eigenvalue weighted by Crippen LogP contribution is -2.63. The number of carbonyl (C=O) groups is 1. The van der Waals surface area contributed by atoms with Crippen LogP contribution in [0.4, 0.5) is 0 Å². The molecule has 6 fully saturated rings. The van der Waals surface area contributed by atoms with Crippen molar-refractivity contribution in [2.24, 2.45) is 28.1 Å². The smallest absolute Gasteiger partial charge is 0.314 e. The normalized spacial score (nSPS) is 54.7. The Bertz CT molecular complexity index is 1150. The third-order valence-corrected chi connectivity index (χ3v) is 12.9. The Kier molecular flexibility index (Phi) is 8.77. The maximum Gasteiger partial charge on any atom is 0.314 e. The average Bonchev–Trinajstić information content (AvgIpc) is 3.20. The molecule has 13 nitrogen and oxygen atoms in total. The van der Waals surface area contributed by atoms with Crippen molar-refractivity contribution < 1.29 is 64.6 Å². The molecular weight excluding hydrogens is 592 g/mol. The van der Waals surface area contributed by atoms with Gasteiger partial charge in [-0.15, -0.1) is 0 Å². The summed E-state index contributed by atoms with van der Waals surface area (Å²) in [6.07, 6.45) is -7.82. The van der Waals surface area contributed by atoms with Gasteiger partial charge in [0, 0.05) is 0 Å². The lowest BCUT2D eigenvalue weighted by Gasteiger charge is -2.64. The van der Waals surface area contributed by atoms with E-state index >= 15 is 0 Å². The van der Waals surface area contributed by atoms with Gasteiger partial charge in [-0.25, -0.2) is 0 Å².